The summed E-state index contributed by atoms with van der Waals surface area (Å²) in [7, 11) is 0. The molecule has 0 fully saturated rings. The van der Waals surface area contributed by atoms with Crippen molar-refractivity contribution in [2.75, 3.05) is 6.54 Å². The van der Waals surface area contributed by atoms with Crippen LogP contribution in [0.25, 0.3) is 0 Å². The van der Waals surface area contributed by atoms with E-state index >= 15 is 0 Å². The van der Waals surface area contributed by atoms with Crippen LogP contribution in [-0.2, 0) is 11.3 Å². The summed E-state index contributed by atoms with van der Waals surface area (Å²) in [6, 6.07) is 3.90. The summed E-state index contributed by atoms with van der Waals surface area (Å²) >= 11 is 6.92. The average molecular weight is 423 g/mol. The number of hydrogen-bond acceptors (Lipinski definition) is 3. The van der Waals surface area contributed by atoms with Crippen molar-refractivity contribution < 1.29 is 14.6 Å². The highest BCUT2D eigenvalue weighted by molar-refractivity contribution is 9.11. The Morgan fingerprint density at radius 2 is 1.90 bits per heavy atom. The van der Waals surface area contributed by atoms with E-state index in [4.69, 9.17) is 4.74 Å². The van der Waals surface area contributed by atoms with Gasteiger partial charge in [-0.3, -0.25) is 0 Å². The van der Waals surface area contributed by atoms with Gasteiger partial charge >= 0.3 is 5.97 Å². The third-order valence-electron chi connectivity index (χ3n) is 2.90. The number of carboxylic acid groups (broad SMARTS) is 1. The zero-order valence-electron chi connectivity index (χ0n) is 12.3. The van der Waals surface area contributed by atoms with Crippen LogP contribution >= 0.6 is 31.9 Å². The third kappa shape index (κ3) is 5.96. The minimum absolute atomic E-state index is 0.480. The van der Waals surface area contributed by atoms with Crippen LogP contribution in [0.2, 0.25) is 0 Å². The Morgan fingerprint density at radius 1 is 1.29 bits per heavy atom. The van der Waals surface area contributed by atoms with Gasteiger partial charge in [-0.1, -0.05) is 20.3 Å². The van der Waals surface area contributed by atoms with Crippen LogP contribution in [0.5, 0.6) is 5.75 Å². The molecule has 1 rings (SSSR count). The molecule has 0 saturated heterocycles. The maximum atomic E-state index is 11.2. The van der Waals surface area contributed by atoms with Crippen molar-refractivity contribution in [2.24, 2.45) is 0 Å². The molecule has 1 unspecified atom stereocenters. The second-order valence-corrected chi connectivity index (χ2v) is 6.51. The van der Waals surface area contributed by atoms with E-state index in [1.165, 1.54) is 0 Å². The van der Waals surface area contributed by atoms with Gasteiger partial charge in [0.2, 0.25) is 0 Å². The van der Waals surface area contributed by atoms with Crippen molar-refractivity contribution in [3.8, 4) is 5.75 Å². The molecule has 1 atom stereocenters. The van der Waals surface area contributed by atoms with Crippen molar-refractivity contribution >= 4 is 37.8 Å². The Balaban J connectivity index is 2.85. The second-order valence-electron chi connectivity index (χ2n) is 4.80. The molecule has 0 amide bonds. The largest absolute Gasteiger partial charge is 0.479 e. The standard InChI is InChI=1S/C15H21Br2NO3/c1-3-5-13(15(19)20)21-14-11(16)7-10(8-12(14)17)9-18-6-4-2/h7-8,13,18H,3-6,9H2,1-2H3,(H,19,20). The van der Waals surface area contributed by atoms with Gasteiger partial charge < -0.3 is 15.2 Å². The number of benzene rings is 1. The highest BCUT2D eigenvalue weighted by Crippen LogP contribution is 2.36. The molecule has 0 bridgehead atoms. The fourth-order valence-electron chi connectivity index (χ4n) is 1.87. The molecule has 1 aromatic carbocycles. The molecule has 0 radical (unpaired) electrons. The predicted molar refractivity (Wildman–Crippen MR) is 90.8 cm³/mol. The Labute approximate surface area is 142 Å². The first-order valence-electron chi connectivity index (χ1n) is 7.07. The van der Waals surface area contributed by atoms with Crippen LogP contribution in [0.15, 0.2) is 21.1 Å². The van der Waals surface area contributed by atoms with Crippen LogP contribution in [0, 0.1) is 0 Å². The number of aliphatic carboxylic acids is 1. The van der Waals surface area contributed by atoms with Gasteiger partial charge in [-0.25, -0.2) is 4.79 Å². The molecular formula is C15H21Br2NO3. The van der Waals surface area contributed by atoms with Crippen LogP contribution in [0.3, 0.4) is 0 Å². The lowest BCUT2D eigenvalue weighted by atomic mass is 10.2. The summed E-state index contributed by atoms with van der Waals surface area (Å²) in [4.78, 5) is 11.2. The maximum Gasteiger partial charge on any atom is 0.344 e. The fourth-order valence-corrected chi connectivity index (χ4v) is 3.34. The summed E-state index contributed by atoms with van der Waals surface area (Å²) < 4.78 is 7.16. The van der Waals surface area contributed by atoms with E-state index in [-0.39, 0.29) is 0 Å². The minimum Gasteiger partial charge on any atom is -0.479 e. The zero-order valence-corrected chi connectivity index (χ0v) is 15.5. The quantitative estimate of drug-likeness (QED) is 0.581. The Morgan fingerprint density at radius 3 is 2.38 bits per heavy atom. The van der Waals surface area contributed by atoms with Crippen LogP contribution in [0.4, 0.5) is 0 Å². The van der Waals surface area contributed by atoms with E-state index in [0.717, 1.165) is 40.4 Å². The number of rotatable bonds is 9. The van der Waals surface area contributed by atoms with Gasteiger partial charge in [-0.2, -0.15) is 0 Å². The number of carbonyl (C=O) groups is 1. The highest BCUT2D eigenvalue weighted by atomic mass is 79.9. The molecule has 0 saturated carbocycles. The lowest BCUT2D eigenvalue weighted by Gasteiger charge is -2.17. The van der Waals surface area contributed by atoms with E-state index in [2.05, 4.69) is 44.1 Å². The van der Waals surface area contributed by atoms with Crippen molar-refractivity contribution in [3.05, 3.63) is 26.6 Å². The number of hydrogen-bond donors (Lipinski definition) is 2. The Hall–Kier alpha value is -0.590. The normalized spacial score (nSPS) is 12.2. The van der Waals surface area contributed by atoms with Crippen LogP contribution in [-0.4, -0.2) is 23.7 Å². The molecule has 21 heavy (non-hydrogen) atoms. The smallest absolute Gasteiger partial charge is 0.344 e. The predicted octanol–water partition coefficient (Wildman–Crippen LogP) is 4.34. The second kappa shape index (κ2) is 9.43. The third-order valence-corrected chi connectivity index (χ3v) is 4.08. The molecule has 2 N–H and O–H groups in total. The zero-order chi connectivity index (χ0) is 15.8. The van der Waals surface area contributed by atoms with Gasteiger partial charge in [-0.05, 0) is 68.9 Å². The van der Waals surface area contributed by atoms with Crippen molar-refractivity contribution in [1.29, 1.82) is 0 Å². The van der Waals surface area contributed by atoms with Gasteiger partial charge in [0, 0.05) is 6.54 Å². The van der Waals surface area contributed by atoms with E-state index in [1.807, 2.05) is 19.1 Å². The first-order chi connectivity index (χ1) is 9.99. The van der Waals surface area contributed by atoms with E-state index in [9.17, 15) is 9.90 Å². The van der Waals surface area contributed by atoms with E-state index in [0.29, 0.717) is 12.2 Å². The molecule has 0 aliphatic carbocycles. The molecule has 118 valence electrons. The lowest BCUT2D eigenvalue weighted by molar-refractivity contribution is -0.145. The van der Waals surface area contributed by atoms with E-state index in [1.54, 1.807) is 0 Å². The van der Waals surface area contributed by atoms with E-state index < -0.39 is 12.1 Å². The lowest BCUT2D eigenvalue weighted by Crippen LogP contribution is -2.27. The van der Waals surface area contributed by atoms with Crippen LogP contribution < -0.4 is 10.1 Å². The molecular weight excluding hydrogens is 402 g/mol. The van der Waals surface area contributed by atoms with Crippen LogP contribution in [0.1, 0.15) is 38.7 Å². The monoisotopic (exact) mass is 421 g/mol. The average Bonchev–Trinajstić information content (AvgIpc) is 2.41. The fraction of sp³-hybridized carbons (Fsp3) is 0.533. The molecule has 4 nitrogen and oxygen atoms in total. The van der Waals surface area contributed by atoms with Gasteiger partial charge in [0.05, 0.1) is 8.95 Å². The molecule has 1 aromatic rings. The molecule has 0 aliphatic rings. The molecule has 6 heteroatoms. The highest BCUT2D eigenvalue weighted by Gasteiger charge is 2.21. The summed E-state index contributed by atoms with van der Waals surface area (Å²) in [6.45, 7) is 5.79. The first-order valence-corrected chi connectivity index (χ1v) is 8.66. The molecule has 0 spiro atoms. The van der Waals surface area contributed by atoms with Crippen molar-refractivity contribution in [1.82, 2.24) is 5.32 Å². The first kappa shape index (κ1) is 18.5. The maximum absolute atomic E-state index is 11.2. The van der Waals surface area contributed by atoms with Gasteiger partial charge in [0.1, 0.15) is 5.75 Å². The topological polar surface area (TPSA) is 58.6 Å². The molecule has 0 aliphatic heterocycles. The SMILES string of the molecule is CCCNCc1cc(Br)c(OC(CCC)C(=O)O)c(Br)c1. The summed E-state index contributed by atoms with van der Waals surface area (Å²) in [5, 5.41) is 12.5. The minimum atomic E-state index is -0.940. The Bertz CT molecular complexity index is 457. The molecule has 0 aromatic heterocycles. The van der Waals surface area contributed by atoms with Gasteiger partial charge in [0.15, 0.2) is 6.10 Å². The van der Waals surface area contributed by atoms with Crippen molar-refractivity contribution in [3.63, 3.8) is 0 Å². The van der Waals surface area contributed by atoms with Gasteiger partial charge in [0.25, 0.3) is 0 Å². The summed E-state index contributed by atoms with van der Waals surface area (Å²) in [5.41, 5.74) is 1.11. The summed E-state index contributed by atoms with van der Waals surface area (Å²) in [5.74, 6) is -0.403. The number of nitrogens with one attached hydrogen (secondary N) is 1. The van der Waals surface area contributed by atoms with Gasteiger partial charge in [-0.15, -0.1) is 0 Å². The summed E-state index contributed by atoms with van der Waals surface area (Å²) in [6.07, 6.45) is 1.49. The number of carboxylic acids is 1. The number of ether oxygens (including phenoxy) is 1. The number of halogens is 2. The molecule has 0 heterocycles. The Kier molecular flexibility index (Phi) is 8.29. The van der Waals surface area contributed by atoms with Crippen molar-refractivity contribution in [2.45, 2.75) is 45.8 Å².